The van der Waals surface area contributed by atoms with E-state index in [9.17, 15) is 0 Å². The highest BCUT2D eigenvalue weighted by Gasteiger charge is 2.16. The van der Waals surface area contributed by atoms with Crippen molar-refractivity contribution in [3.8, 4) is 16.8 Å². The van der Waals surface area contributed by atoms with Crippen molar-refractivity contribution in [3.63, 3.8) is 0 Å². The molecule has 0 radical (unpaired) electrons. The topological polar surface area (TPSA) is 4.93 Å². The van der Waals surface area contributed by atoms with Crippen molar-refractivity contribution >= 4 is 70.1 Å². The van der Waals surface area contributed by atoms with Crippen LogP contribution in [0.2, 0.25) is 0 Å². The normalized spacial score (nSPS) is 11.8. The number of benzene rings is 7. The van der Waals surface area contributed by atoms with Gasteiger partial charge in [0.1, 0.15) is 0 Å². The van der Waals surface area contributed by atoms with Gasteiger partial charge in [0, 0.05) is 20.9 Å². The van der Waals surface area contributed by atoms with Crippen molar-refractivity contribution in [2.24, 2.45) is 0 Å². The first kappa shape index (κ1) is 21.7. The minimum absolute atomic E-state index is 1.09. The molecule has 0 amide bonds. The van der Waals surface area contributed by atoms with Gasteiger partial charge >= 0.3 is 0 Å². The minimum atomic E-state index is 1.09. The number of aromatic nitrogens is 1. The van der Waals surface area contributed by atoms with Crippen LogP contribution in [0.15, 0.2) is 138 Å². The first-order valence-electron chi connectivity index (χ1n) is 12.9. The van der Waals surface area contributed by atoms with Gasteiger partial charge in [-0.25, -0.2) is 0 Å². The van der Waals surface area contributed by atoms with Crippen LogP contribution >= 0.6 is 15.9 Å². The molecule has 0 bridgehead atoms. The highest BCUT2D eigenvalue weighted by molar-refractivity contribution is 9.10. The molecule has 8 rings (SSSR count). The predicted octanol–water partition coefficient (Wildman–Crippen LogP) is 10.7. The first-order valence-corrected chi connectivity index (χ1v) is 13.7. The van der Waals surface area contributed by atoms with Crippen LogP contribution in [-0.4, -0.2) is 4.57 Å². The SMILES string of the molecule is Brc1ccc2c(c1)c1cc3c4ccccc4c4ccccc4c3cc1n2-c1ccc(-c2ccccc2)cc1. The number of hydrogen-bond donors (Lipinski definition) is 0. The second-order valence-electron chi connectivity index (χ2n) is 9.92. The maximum Gasteiger partial charge on any atom is 0.0547 e. The molecular formula is C36H22BrN. The van der Waals surface area contributed by atoms with Crippen LogP contribution in [0.5, 0.6) is 0 Å². The summed E-state index contributed by atoms with van der Waals surface area (Å²) in [6.45, 7) is 0. The summed E-state index contributed by atoms with van der Waals surface area (Å²) in [4.78, 5) is 0. The van der Waals surface area contributed by atoms with Crippen LogP contribution in [-0.2, 0) is 0 Å². The molecule has 0 aliphatic heterocycles. The van der Waals surface area contributed by atoms with Crippen LogP contribution in [0.1, 0.15) is 0 Å². The molecule has 38 heavy (non-hydrogen) atoms. The Morgan fingerprint density at radius 1 is 0.368 bits per heavy atom. The van der Waals surface area contributed by atoms with Gasteiger partial charge in [0.15, 0.2) is 0 Å². The third kappa shape index (κ3) is 3.17. The predicted molar refractivity (Wildman–Crippen MR) is 166 cm³/mol. The van der Waals surface area contributed by atoms with Gasteiger partial charge in [0.05, 0.1) is 11.0 Å². The molecule has 0 saturated heterocycles. The smallest absolute Gasteiger partial charge is 0.0547 e. The number of fused-ring (bicyclic) bond motifs is 9. The van der Waals surface area contributed by atoms with Gasteiger partial charge in [-0.3, -0.25) is 0 Å². The van der Waals surface area contributed by atoms with E-state index in [0.717, 1.165) is 10.2 Å². The molecule has 0 atom stereocenters. The van der Waals surface area contributed by atoms with Crippen LogP contribution in [0.4, 0.5) is 0 Å². The molecule has 0 spiro atoms. The third-order valence-corrected chi connectivity index (χ3v) is 8.32. The lowest BCUT2D eigenvalue weighted by molar-refractivity contribution is 1.18. The quantitative estimate of drug-likeness (QED) is 0.189. The number of hydrogen-bond acceptors (Lipinski definition) is 0. The van der Waals surface area contributed by atoms with E-state index in [1.165, 1.54) is 65.3 Å². The van der Waals surface area contributed by atoms with E-state index in [4.69, 9.17) is 0 Å². The summed E-state index contributed by atoms with van der Waals surface area (Å²) >= 11 is 3.73. The number of halogens is 1. The summed E-state index contributed by atoms with van der Waals surface area (Å²) in [6.07, 6.45) is 0. The fourth-order valence-electron chi connectivity index (χ4n) is 6.10. The maximum atomic E-state index is 3.73. The van der Waals surface area contributed by atoms with Crippen molar-refractivity contribution < 1.29 is 0 Å². The molecule has 1 heterocycles. The molecule has 0 saturated carbocycles. The molecule has 0 unspecified atom stereocenters. The Bertz CT molecular complexity index is 2170. The Morgan fingerprint density at radius 3 is 1.55 bits per heavy atom. The van der Waals surface area contributed by atoms with Crippen LogP contribution in [0, 0.1) is 0 Å². The van der Waals surface area contributed by atoms with E-state index >= 15 is 0 Å². The summed E-state index contributed by atoms with van der Waals surface area (Å²) in [5.74, 6) is 0. The highest BCUT2D eigenvalue weighted by Crippen LogP contribution is 2.41. The molecule has 8 aromatic rings. The highest BCUT2D eigenvalue weighted by atomic mass is 79.9. The second-order valence-corrected chi connectivity index (χ2v) is 10.8. The van der Waals surface area contributed by atoms with Gasteiger partial charge in [-0.1, -0.05) is 107 Å². The molecule has 1 aromatic heterocycles. The monoisotopic (exact) mass is 547 g/mol. The zero-order valence-corrected chi connectivity index (χ0v) is 22.1. The van der Waals surface area contributed by atoms with Gasteiger partial charge in [0.2, 0.25) is 0 Å². The molecule has 1 nitrogen and oxygen atoms in total. The largest absolute Gasteiger partial charge is 0.309 e. The van der Waals surface area contributed by atoms with Gasteiger partial charge < -0.3 is 4.57 Å². The summed E-state index contributed by atoms with van der Waals surface area (Å²) < 4.78 is 3.50. The van der Waals surface area contributed by atoms with E-state index in [0.29, 0.717) is 0 Å². The lowest BCUT2D eigenvalue weighted by atomic mass is 9.93. The minimum Gasteiger partial charge on any atom is -0.309 e. The molecule has 0 N–H and O–H groups in total. The number of rotatable bonds is 2. The zero-order valence-electron chi connectivity index (χ0n) is 20.5. The van der Waals surface area contributed by atoms with Crippen molar-refractivity contribution in [2.75, 3.05) is 0 Å². The molecule has 0 aliphatic carbocycles. The summed E-state index contributed by atoms with van der Waals surface area (Å²) in [6, 6.07) is 48.5. The Balaban J connectivity index is 1.49. The van der Waals surface area contributed by atoms with Gasteiger partial charge in [-0.05, 0) is 85.9 Å². The second kappa shape index (κ2) is 8.31. The van der Waals surface area contributed by atoms with E-state index in [2.05, 4.69) is 154 Å². The lowest BCUT2D eigenvalue weighted by Gasteiger charge is -2.13. The third-order valence-electron chi connectivity index (χ3n) is 7.82. The Kier molecular flexibility index (Phi) is 4.74. The van der Waals surface area contributed by atoms with Crippen LogP contribution in [0.3, 0.4) is 0 Å². The van der Waals surface area contributed by atoms with Crippen LogP contribution < -0.4 is 0 Å². The number of nitrogens with zero attached hydrogens (tertiary/aromatic N) is 1. The maximum absolute atomic E-state index is 3.73. The molecular weight excluding hydrogens is 526 g/mol. The van der Waals surface area contributed by atoms with Gasteiger partial charge in [0.25, 0.3) is 0 Å². The fourth-order valence-corrected chi connectivity index (χ4v) is 6.46. The average molecular weight is 548 g/mol. The van der Waals surface area contributed by atoms with E-state index < -0.39 is 0 Å². The van der Waals surface area contributed by atoms with Gasteiger partial charge in [-0.2, -0.15) is 0 Å². The Morgan fingerprint density at radius 2 is 0.895 bits per heavy atom. The van der Waals surface area contributed by atoms with Crippen molar-refractivity contribution in [3.05, 3.63) is 138 Å². The molecule has 7 aromatic carbocycles. The lowest BCUT2D eigenvalue weighted by Crippen LogP contribution is -1.94. The summed E-state index contributed by atoms with van der Waals surface area (Å²) in [5.41, 5.74) is 6.05. The average Bonchev–Trinajstić information content (AvgIpc) is 3.29. The van der Waals surface area contributed by atoms with E-state index in [1.54, 1.807) is 0 Å². The molecule has 0 aliphatic rings. The zero-order chi connectivity index (χ0) is 25.2. The standard InChI is InChI=1S/C36H22BrN/c37-25-16-19-35-33(20-25)34-21-31-29-12-6-4-10-27(29)28-11-5-7-13-30(28)32(31)22-36(34)38(35)26-17-14-24(15-18-26)23-8-2-1-3-9-23/h1-22H. The first-order chi connectivity index (χ1) is 18.8. The van der Waals surface area contributed by atoms with Gasteiger partial charge in [-0.15, -0.1) is 0 Å². The van der Waals surface area contributed by atoms with Crippen molar-refractivity contribution in [2.45, 2.75) is 0 Å². The van der Waals surface area contributed by atoms with E-state index in [-0.39, 0.29) is 0 Å². The Labute approximate surface area is 228 Å². The molecule has 2 heteroatoms. The fraction of sp³-hybridized carbons (Fsp3) is 0. The van der Waals surface area contributed by atoms with Crippen molar-refractivity contribution in [1.29, 1.82) is 0 Å². The van der Waals surface area contributed by atoms with Crippen LogP contribution in [0.25, 0.3) is 70.9 Å². The summed E-state index contributed by atoms with van der Waals surface area (Å²) in [5, 5.41) is 10.3. The summed E-state index contributed by atoms with van der Waals surface area (Å²) in [7, 11) is 0. The molecule has 0 fully saturated rings. The molecule has 178 valence electrons. The Hall–Kier alpha value is -4.40. The van der Waals surface area contributed by atoms with Crippen molar-refractivity contribution in [1.82, 2.24) is 4.57 Å². The van der Waals surface area contributed by atoms with E-state index in [1.807, 2.05) is 0 Å².